The topological polar surface area (TPSA) is 68.5 Å². The molecule has 2 rings (SSSR count). The number of nitrogens with zero attached hydrogens (tertiary/aromatic N) is 1. The molecule has 0 aliphatic rings. The molecule has 0 fully saturated rings. The molecule has 8 heteroatoms. The van der Waals surface area contributed by atoms with Crippen molar-refractivity contribution in [2.75, 3.05) is 13.8 Å². The van der Waals surface area contributed by atoms with Gasteiger partial charge in [-0.1, -0.05) is 0 Å². The third kappa shape index (κ3) is 2.32. The fourth-order valence-corrected chi connectivity index (χ4v) is 2.08. The van der Waals surface area contributed by atoms with E-state index in [0.717, 1.165) is 17.9 Å². The summed E-state index contributed by atoms with van der Waals surface area (Å²) in [5.74, 6) is -4.62. The number of ether oxygens (including phenoxy) is 1. The van der Waals surface area contributed by atoms with Crippen LogP contribution >= 0.6 is 0 Å². The van der Waals surface area contributed by atoms with Crippen molar-refractivity contribution in [1.29, 1.82) is 0 Å². The van der Waals surface area contributed by atoms with Crippen molar-refractivity contribution >= 4 is 16.9 Å². The highest BCUT2D eigenvalue weighted by Gasteiger charge is 2.22. The fourth-order valence-electron chi connectivity index (χ4n) is 2.08. The van der Waals surface area contributed by atoms with Gasteiger partial charge in [0.05, 0.1) is 24.6 Å². The largest absolute Gasteiger partial charge is 0.491 e. The van der Waals surface area contributed by atoms with Crippen molar-refractivity contribution in [2.24, 2.45) is 0 Å². The van der Waals surface area contributed by atoms with E-state index in [0.29, 0.717) is 6.07 Å². The van der Waals surface area contributed by atoms with Crippen molar-refractivity contribution in [3.63, 3.8) is 0 Å². The highest BCUT2D eigenvalue weighted by Crippen LogP contribution is 2.28. The van der Waals surface area contributed by atoms with Gasteiger partial charge in [0.1, 0.15) is 12.2 Å². The number of carbonyl (C=O) groups is 1. The number of aryl methyl sites for hydroxylation is 1. The van der Waals surface area contributed by atoms with Gasteiger partial charge in [-0.3, -0.25) is 4.79 Å². The van der Waals surface area contributed by atoms with Gasteiger partial charge in [0.25, 0.3) is 0 Å². The predicted molar refractivity (Wildman–Crippen MR) is 67.6 cm³/mol. The van der Waals surface area contributed by atoms with Crippen molar-refractivity contribution in [2.45, 2.75) is 6.54 Å². The van der Waals surface area contributed by atoms with Crippen molar-refractivity contribution < 1.29 is 27.8 Å². The predicted octanol–water partition coefficient (Wildman–Crippen LogP) is 1.96. The minimum Gasteiger partial charge on any atom is -0.491 e. The van der Waals surface area contributed by atoms with Gasteiger partial charge in [0, 0.05) is 6.20 Å². The molecule has 0 bridgehead atoms. The Hall–Kier alpha value is -2.51. The van der Waals surface area contributed by atoms with Crippen LogP contribution in [0, 0.1) is 11.6 Å². The Bertz CT molecular complexity index is 785. The van der Waals surface area contributed by atoms with Gasteiger partial charge in [-0.15, -0.1) is 0 Å². The SMILES string of the molecule is COc1c(F)cc2c(=O)c(C(=O)O)cn(CCF)c2c1F. The number of aromatic nitrogens is 1. The Morgan fingerprint density at radius 2 is 2.10 bits per heavy atom. The summed E-state index contributed by atoms with van der Waals surface area (Å²) in [5.41, 5.74) is -2.14. The quantitative estimate of drug-likeness (QED) is 0.937. The van der Waals surface area contributed by atoms with Crippen molar-refractivity contribution in [1.82, 2.24) is 4.57 Å². The molecule has 1 heterocycles. The van der Waals surface area contributed by atoms with E-state index in [-0.39, 0.29) is 6.54 Å². The molecule has 1 N–H and O–H groups in total. The van der Waals surface area contributed by atoms with Gasteiger partial charge in [0.15, 0.2) is 17.4 Å². The minimum absolute atomic E-state index is 0.386. The standard InChI is InChI=1S/C13H10F3NO4/c1-21-12-8(15)4-6-10(9(12)16)17(3-2-14)5-7(11(6)18)13(19)20/h4-5H,2-3H2,1H3,(H,19,20). The van der Waals surface area contributed by atoms with Crippen LogP contribution in [-0.2, 0) is 6.54 Å². The molecule has 0 aliphatic heterocycles. The van der Waals surface area contributed by atoms with Crippen molar-refractivity contribution in [3.05, 3.63) is 39.7 Å². The number of hydrogen-bond acceptors (Lipinski definition) is 3. The number of fused-ring (bicyclic) bond motifs is 1. The smallest absolute Gasteiger partial charge is 0.341 e. The molecular formula is C13H10F3NO4. The second-order valence-electron chi connectivity index (χ2n) is 4.16. The van der Waals surface area contributed by atoms with Gasteiger partial charge < -0.3 is 14.4 Å². The first-order valence-corrected chi connectivity index (χ1v) is 5.80. The Balaban J connectivity index is 3.01. The number of hydrogen-bond donors (Lipinski definition) is 1. The van der Waals surface area contributed by atoms with Crippen molar-refractivity contribution in [3.8, 4) is 5.75 Å². The Morgan fingerprint density at radius 3 is 2.62 bits per heavy atom. The first-order chi connectivity index (χ1) is 9.92. The maximum absolute atomic E-state index is 14.2. The molecule has 0 atom stereocenters. The highest BCUT2D eigenvalue weighted by atomic mass is 19.1. The van der Waals surface area contributed by atoms with Crippen LogP contribution in [0.4, 0.5) is 13.2 Å². The zero-order valence-electron chi connectivity index (χ0n) is 10.8. The van der Waals surface area contributed by atoms with Crippen LogP contribution < -0.4 is 10.2 Å². The van der Waals surface area contributed by atoms with Gasteiger partial charge in [-0.05, 0) is 6.07 Å². The molecule has 0 saturated heterocycles. The van der Waals surface area contributed by atoms with Crippen LogP contribution in [0.15, 0.2) is 17.1 Å². The summed E-state index contributed by atoms with van der Waals surface area (Å²) < 4.78 is 45.9. The molecule has 0 unspecified atom stereocenters. The van der Waals surface area contributed by atoms with E-state index >= 15 is 0 Å². The zero-order chi connectivity index (χ0) is 15.7. The lowest BCUT2D eigenvalue weighted by Gasteiger charge is -2.13. The molecular weight excluding hydrogens is 291 g/mol. The molecule has 2 aromatic rings. The minimum atomic E-state index is -1.56. The molecule has 0 saturated carbocycles. The highest BCUT2D eigenvalue weighted by molar-refractivity contribution is 5.93. The molecule has 1 aromatic heterocycles. The van der Waals surface area contributed by atoms with Gasteiger partial charge in [-0.25, -0.2) is 18.0 Å². The average Bonchev–Trinajstić information content (AvgIpc) is 2.42. The van der Waals surface area contributed by atoms with Crippen LogP contribution in [0.3, 0.4) is 0 Å². The number of carboxylic acid groups (broad SMARTS) is 1. The average molecular weight is 301 g/mol. The third-order valence-corrected chi connectivity index (χ3v) is 2.97. The number of methoxy groups -OCH3 is 1. The summed E-state index contributed by atoms with van der Waals surface area (Å²) >= 11 is 0. The summed E-state index contributed by atoms with van der Waals surface area (Å²) in [6, 6.07) is 0.681. The summed E-state index contributed by atoms with van der Waals surface area (Å²) in [5, 5.41) is 8.45. The summed E-state index contributed by atoms with van der Waals surface area (Å²) in [4.78, 5) is 23.0. The summed E-state index contributed by atoms with van der Waals surface area (Å²) in [7, 11) is 1.04. The van der Waals surface area contributed by atoms with Gasteiger partial charge >= 0.3 is 5.97 Å². The Morgan fingerprint density at radius 1 is 1.43 bits per heavy atom. The van der Waals surface area contributed by atoms with Crippen LogP contribution in [0.1, 0.15) is 10.4 Å². The van der Waals surface area contributed by atoms with Crippen LogP contribution in [0.5, 0.6) is 5.75 Å². The van der Waals surface area contributed by atoms with E-state index in [9.17, 15) is 22.8 Å². The first-order valence-electron chi connectivity index (χ1n) is 5.80. The monoisotopic (exact) mass is 301 g/mol. The Kier molecular flexibility index (Phi) is 3.88. The number of alkyl halides is 1. The third-order valence-electron chi connectivity index (χ3n) is 2.97. The second-order valence-corrected chi connectivity index (χ2v) is 4.16. The molecule has 0 spiro atoms. The van der Waals surface area contributed by atoms with E-state index in [4.69, 9.17) is 5.11 Å². The number of benzene rings is 1. The van der Waals surface area contributed by atoms with E-state index in [2.05, 4.69) is 4.74 Å². The maximum atomic E-state index is 14.2. The number of halogens is 3. The number of carboxylic acids is 1. The summed E-state index contributed by atoms with van der Waals surface area (Å²) in [6.07, 6.45) is 0.826. The molecule has 0 aliphatic carbocycles. The maximum Gasteiger partial charge on any atom is 0.341 e. The molecule has 0 radical (unpaired) electrons. The normalized spacial score (nSPS) is 10.9. The number of aromatic carboxylic acids is 1. The zero-order valence-corrected chi connectivity index (χ0v) is 10.8. The second kappa shape index (κ2) is 5.47. The Labute approximate surface area is 116 Å². The van der Waals surface area contributed by atoms with Crippen LogP contribution in [0.2, 0.25) is 0 Å². The van der Waals surface area contributed by atoms with E-state index in [1.807, 2.05) is 0 Å². The summed E-state index contributed by atoms with van der Waals surface area (Å²) in [6.45, 7) is -1.31. The molecule has 1 aromatic carbocycles. The molecule has 21 heavy (non-hydrogen) atoms. The molecule has 5 nitrogen and oxygen atoms in total. The van der Waals surface area contributed by atoms with Gasteiger partial charge in [0.2, 0.25) is 5.43 Å². The lowest BCUT2D eigenvalue weighted by molar-refractivity contribution is 0.0694. The van der Waals surface area contributed by atoms with Crippen LogP contribution in [0.25, 0.3) is 10.9 Å². The van der Waals surface area contributed by atoms with Crippen LogP contribution in [-0.4, -0.2) is 29.4 Å². The molecule has 112 valence electrons. The first kappa shape index (κ1) is 14.9. The fraction of sp³-hybridized carbons (Fsp3) is 0.231. The number of rotatable bonds is 4. The van der Waals surface area contributed by atoms with Gasteiger partial charge in [-0.2, -0.15) is 0 Å². The van der Waals surface area contributed by atoms with E-state index in [1.165, 1.54) is 0 Å². The lowest BCUT2D eigenvalue weighted by atomic mass is 10.1. The van der Waals surface area contributed by atoms with E-state index < -0.39 is 51.9 Å². The lowest BCUT2D eigenvalue weighted by Crippen LogP contribution is -2.20. The number of pyridine rings is 1. The molecule has 0 amide bonds. The van der Waals surface area contributed by atoms with E-state index in [1.54, 1.807) is 0 Å².